The Morgan fingerprint density at radius 3 is 2.47 bits per heavy atom. The molecule has 0 spiro atoms. The predicted octanol–water partition coefficient (Wildman–Crippen LogP) is 1.69. The lowest BCUT2D eigenvalue weighted by atomic mass is 10.3. The molecule has 1 N–H and O–H groups in total. The van der Waals surface area contributed by atoms with Crippen LogP contribution in [0.5, 0.6) is 0 Å². The van der Waals surface area contributed by atoms with Crippen LogP contribution in [-0.4, -0.2) is 50.6 Å². The normalized spacial score (nSPS) is 10.9. The van der Waals surface area contributed by atoms with Crippen LogP contribution in [-0.2, 0) is 22.5 Å². The summed E-state index contributed by atoms with van der Waals surface area (Å²) in [6.45, 7) is 5.23. The van der Waals surface area contributed by atoms with E-state index in [1.165, 1.54) is 0 Å². The van der Waals surface area contributed by atoms with E-state index in [-0.39, 0.29) is 6.61 Å². The lowest BCUT2D eigenvalue weighted by molar-refractivity contribution is 0.191. The number of nitrogens with zero attached hydrogens (tertiary/aromatic N) is 2. The van der Waals surface area contributed by atoms with Crippen LogP contribution in [0, 0.1) is 0 Å². The van der Waals surface area contributed by atoms with Crippen LogP contribution in [0.25, 0.3) is 0 Å². The molecule has 0 bridgehead atoms. The number of aromatic nitrogens is 1. The third kappa shape index (κ3) is 5.06. The maximum atomic E-state index is 9.34. The number of aryl methyl sites for hydroxylation is 1. The van der Waals surface area contributed by atoms with E-state index in [1.54, 1.807) is 25.6 Å². The molecule has 1 rings (SSSR count). The summed E-state index contributed by atoms with van der Waals surface area (Å²) in [5.74, 6) is 0. The van der Waals surface area contributed by atoms with Gasteiger partial charge in [-0.15, -0.1) is 0 Å². The van der Waals surface area contributed by atoms with Crippen LogP contribution in [0.2, 0.25) is 0 Å². The van der Waals surface area contributed by atoms with Gasteiger partial charge in [-0.25, -0.2) is 4.98 Å². The number of aliphatic hydroxyl groups is 1. The largest absolute Gasteiger partial charge is 0.391 e. The highest BCUT2D eigenvalue weighted by atomic mass is 32.1. The SMILES string of the molecule is CCc1nc(N(CCCOC)CCOC)sc1CO. The van der Waals surface area contributed by atoms with E-state index in [9.17, 15) is 5.11 Å². The van der Waals surface area contributed by atoms with E-state index in [2.05, 4.69) is 16.8 Å². The quantitative estimate of drug-likeness (QED) is 0.664. The highest BCUT2D eigenvalue weighted by Crippen LogP contribution is 2.27. The van der Waals surface area contributed by atoms with Gasteiger partial charge in [0.2, 0.25) is 0 Å². The zero-order valence-corrected chi connectivity index (χ0v) is 12.8. The number of rotatable bonds is 10. The van der Waals surface area contributed by atoms with Crippen molar-refractivity contribution in [3.05, 3.63) is 10.6 Å². The summed E-state index contributed by atoms with van der Waals surface area (Å²) in [6.07, 6.45) is 1.80. The van der Waals surface area contributed by atoms with Gasteiger partial charge in [0.15, 0.2) is 5.13 Å². The fourth-order valence-electron chi connectivity index (χ4n) is 1.81. The molecule has 1 aromatic heterocycles. The average Bonchev–Trinajstić information content (AvgIpc) is 2.85. The van der Waals surface area contributed by atoms with Crippen LogP contribution in [0.4, 0.5) is 5.13 Å². The van der Waals surface area contributed by atoms with Crippen molar-refractivity contribution in [2.24, 2.45) is 0 Å². The van der Waals surface area contributed by atoms with Crippen molar-refractivity contribution in [2.75, 3.05) is 45.4 Å². The average molecular weight is 288 g/mol. The molecular formula is C13H24N2O3S. The molecule has 0 aliphatic heterocycles. The van der Waals surface area contributed by atoms with Crippen molar-refractivity contribution in [2.45, 2.75) is 26.4 Å². The second kappa shape index (κ2) is 9.25. The molecule has 0 aliphatic carbocycles. The Morgan fingerprint density at radius 1 is 1.21 bits per heavy atom. The zero-order chi connectivity index (χ0) is 14.1. The van der Waals surface area contributed by atoms with Crippen LogP contribution < -0.4 is 4.90 Å². The molecule has 1 aromatic rings. The lowest BCUT2D eigenvalue weighted by Crippen LogP contribution is -2.28. The van der Waals surface area contributed by atoms with Crippen LogP contribution in [0.1, 0.15) is 23.9 Å². The van der Waals surface area contributed by atoms with Gasteiger partial charge in [0.25, 0.3) is 0 Å². The zero-order valence-electron chi connectivity index (χ0n) is 12.0. The number of hydrogen-bond donors (Lipinski definition) is 1. The third-order valence-corrected chi connectivity index (χ3v) is 4.00. The Bertz CT molecular complexity index is 336. The second-order valence-corrected chi connectivity index (χ2v) is 5.27. The first-order chi connectivity index (χ1) is 9.26. The summed E-state index contributed by atoms with van der Waals surface area (Å²) < 4.78 is 10.2. The Balaban J connectivity index is 2.73. The molecule has 0 aromatic carbocycles. The van der Waals surface area contributed by atoms with E-state index in [4.69, 9.17) is 9.47 Å². The fourth-order valence-corrected chi connectivity index (χ4v) is 2.87. The van der Waals surface area contributed by atoms with Crippen molar-refractivity contribution >= 4 is 16.5 Å². The number of ether oxygens (including phenoxy) is 2. The molecule has 19 heavy (non-hydrogen) atoms. The molecule has 0 saturated heterocycles. The Kier molecular flexibility index (Phi) is 7.97. The Morgan fingerprint density at radius 2 is 1.95 bits per heavy atom. The summed E-state index contributed by atoms with van der Waals surface area (Å²) in [5, 5.41) is 10.3. The molecule has 0 unspecified atom stereocenters. The van der Waals surface area contributed by atoms with Gasteiger partial charge in [-0.3, -0.25) is 0 Å². The number of aliphatic hydroxyl groups excluding tert-OH is 1. The standard InChI is InChI=1S/C13H24N2O3S/c1-4-11-12(10-16)19-13(14-11)15(7-9-18-3)6-5-8-17-2/h16H,4-10H2,1-3H3. The molecule has 5 nitrogen and oxygen atoms in total. The van der Waals surface area contributed by atoms with Gasteiger partial charge in [-0.2, -0.15) is 0 Å². The second-order valence-electron chi connectivity index (χ2n) is 4.20. The molecule has 0 saturated carbocycles. The Labute approximate surface area is 119 Å². The number of thiazole rings is 1. The van der Waals surface area contributed by atoms with Gasteiger partial charge in [0.05, 0.1) is 23.8 Å². The molecule has 0 radical (unpaired) electrons. The maximum absolute atomic E-state index is 9.34. The van der Waals surface area contributed by atoms with Gasteiger partial charge >= 0.3 is 0 Å². The van der Waals surface area contributed by atoms with Gasteiger partial charge in [-0.05, 0) is 12.8 Å². The van der Waals surface area contributed by atoms with Crippen molar-refractivity contribution in [1.29, 1.82) is 0 Å². The van der Waals surface area contributed by atoms with E-state index in [1.807, 2.05) is 0 Å². The smallest absolute Gasteiger partial charge is 0.185 e. The summed E-state index contributed by atoms with van der Waals surface area (Å²) in [6, 6.07) is 0. The predicted molar refractivity (Wildman–Crippen MR) is 78.0 cm³/mol. The van der Waals surface area contributed by atoms with Gasteiger partial charge in [0, 0.05) is 33.9 Å². The van der Waals surface area contributed by atoms with Crippen LogP contribution in [0.3, 0.4) is 0 Å². The molecule has 0 aliphatic rings. The minimum Gasteiger partial charge on any atom is -0.391 e. The van der Waals surface area contributed by atoms with E-state index in [0.29, 0.717) is 6.61 Å². The van der Waals surface area contributed by atoms with Crippen LogP contribution >= 0.6 is 11.3 Å². The number of anilines is 1. The molecule has 0 atom stereocenters. The van der Waals surface area contributed by atoms with E-state index < -0.39 is 0 Å². The lowest BCUT2D eigenvalue weighted by Gasteiger charge is -2.21. The van der Waals surface area contributed by atoms with Crippen molar-refractivity contribution in [3.63, 3.8) is 0 Å². The summed E-state index contributed by atoms with van der Waals surface area (Å²) in [4.78, 5) is 7.78. The summed E-state index contributed by atoms with van der Waals surface area (Å²) in [7, 11) is 3.41. The minimum absolute atomic E-state index is 0.0665. The van der Waals surface area contributed by atoms with Crippen LogP contribution in [0.15, 0.2) is 0 Å². The van der Waals surface area contributed by atoms with Crippen molar-refractivity contribution in [3.8, 4) is 0 Å². The Hall–Kier alpha value is -0.690. The van der Waals surface area contributed by atoms with Gasteiger partial charge in [-0.1, -0.05) is 18.3 Å². The van der Waals surface area contributed by atoms with Gasteiger partial charge in [0.1, 0.15) is 0 Å². The first-order valence-corrected chi connectivity index (χ1v) is 7.40. The monoisotopic (exact) mass is 288 g/mol. The molecule has 110 valence electrons. The minimum atomic E-state index is 0.0665. The number of methoxy groups -OCH3 is 2. The molecule has 0 amide bonds. The number of hydrogen-bond acceptors (Lipinski definition) is 6. The topological polar surface area (TPSA) is 54.8 Å². The molecular weight excluding hydrogens is 264 g/mol. The highest BCUT2D eigenvalue weighted by molar-refractivity contribution is 7.15. The summed E-state index contributed by atoms with van der Waals surface area (Å²) in [5.41, 5.74) is 0.997. The van der Waals surface area contributed by atoms with E-state index in [0.717, 1.165) is 48.2 Å². The molecule has 0 fully saturated rings. The molecule has 1 heterocycles. The first-order valence-electron chi connectivity index (χ1n) is 6.59. The maximum Gasteiger partial charge on any atom is 0.185 e. The van der Waals surface area contributed by atoms with Crippen molar-refractivity contribution < 1.29 is 14.6 Å². The molecule has 6 heteroatoms. The third-order valence-electron chi connectivity index (χ3n) is 2.86. The highest BCUT2D eigenvalue weighted by Gasteiger charge is 2.14. The van der Waals surface area contributed by atoms with E-state index >= 15 is 0 Å². The fraction of sp³-hybridized carbons (Fsp3) is 0.769. The summed E-state index contributed by atoms with van der Waals surface area (Å²) >= 11 is 1.57. The first kappa shape index (κ1) is 16.4. The van der Waals surface area contributed by atoms with Gasteiger partial charge < -0.3 is 19.5 Å². The van der Waals surface area contributed by atoms with Crippen molar-refractivity contribution in [1.82, 2.24) is 4.98 Å².